The van der Waals surface area contributed by atoms with E-state index in [0.29, 0.717) is 36.3 Å². The molecule has 0 radical (unpaired) electrons. The number of aromatic amines is 1. The number of nitrogens with one attached hydrogen (secondary N) is 1. The van der Waals surface area contributed by atoms with Crippen LogP contribution in [-0.2, 0) is 4.79 Å². The molecule has 2 heterocycles. The summed E-state index contributed by atoms with van der Waals surface area (Å²) in [5.74, 6) is -1.50. The van der Waals surface area contributed by atoms with Gasteiger partial charge in [-0.05, 0) is 25.8 Å². The molecule has 1 aromatic heterocycles. The Morgan fingerprint density at radius 2 is 1.90 bits per heavy atom. The van der Waals surface area contributed by atoms with Crippen molar-refractivity contribution in [3.05, 3.63) is 22.5 Å². The van der Waals surface area contributed by atoms with Gasteiger partial charge in [-0.15, -0.1) is 0 Å². The minimum absolute atomic E-state index is 0.0223. The molecule has 114 valence electrons. The third-order valence-corrected chi connectivity index (χ3v) is 3.83. The maximum atomic E-state index is 12.6. The average molecular weight is 293 g/mol. The number of aryl methyl sites for hydroxylation is 1. The van der Waals surface area contributed by atoms with Crippen LogP contribution in [0.4, 0.5) is 0 Å². The zero-order valence-corrected chi connectivity index (χ0v) is 12.4. The van der Waals surface area contributed by atoms with Crippen LogP contribution >= 0.6 is 0 Å². The number of H-pyrrole nitrogens is 1. The molecule has 0 bridgehead atoms. The van der Waals surface area contributed by atoms with Crippen molar-refractivity contribution in [2.24, 2.45) is 0 Å². The molecule has 2 N–H and O–H groups in total. The van der Waals surface area contributed by atoms with Crippen molar-refractivity contribution in [3.63, 3.8) is 0 Å². The third-order valence-electron chi connectivity index (χ3n) is 3.83. The van der Waals surface area contributed by atoms with E-state index in [1.807, 2.05) is 0 Å². The molecule has 21 heavy (non-hydrogen) atoms. The Kier molecular flexibility index (Phi) is 4.02. The van der Waals surface area contributed by atoms with Crippen LogP contribution in [0.2, 0.25) is 0 Å². The van der Waals surface area contributed by atoms with E-state index in [9.17, 15) is 14.4 Å². The number of carbonyl (C=O) groups excluding carboxylic acids is 2. The largest absolute Gasteiger partial charge is 0.477 e. The highest BCUT2D eigenvalue weighted by molar-refractivity contribution is 6.02. The van der Waals surface area contributed by atoms with Gasteiger partial charge in [0.05, 0.1) is 5.56 Å². The molecule has 0 saturated carbocycles. The van der Waals surface area contributed by atoms with Gasteiger partial charge in [-0.3, -0.25) is 9.59 Å². The molecule has 2 rings (SSSR count). The monoisotopic (exact) mass is 293 g/mol. The van der Waals surface area contributed by atoms with Crippen molar-refractivity contribution < 1.29 is 19.5 Å². The molecule has 0 unspecified atom stereocenters. The van der Waals surface area contributed by atoms with Gasteiger partial charge in [0.1, 0.15) is 12.2 Å². The number of aromatic carboxylic acids is 1. The Labute approximate surface area is 122 Å². The van der Waals surface area contributed by atoms with Crippen molar-refractivity contribution in [1.29, 1.82) is 0 Å². The summed E-state index contributed by atoms with van der Waals surface area (Å²) in [5, 5.41) is 9.10. The SMILES string of the molecule is Cc1[nH]c(C(=O)O)c(C)c1C(=O)N1CCCN(C)C(=O)C1. The van der Waals surface area contributed by atoms with Crippen LogP contribution in [0.25, 0.3) is 0 Å². The van der Waals surface area contributed by atoms with Gasteiger partial charge < -0.3 is 19.9 Å². The van der Waals surface area contributed by atoms with Gasteiger partial charge in [0.25, 0.3) is 5.91 Å². The molecule has 7 heteroatoms. The summed E-state index contributed by atoms with van der Waals surface area (Å²) in [4.78, 5) is 41.4. The Morgan fingerprint density at radius 1 is 1.24 bits per heavy atom. The average Bonchev–Trinajstić information content (AvgIpc) is 2.60. The second kappa shape index (κ2) is 5.59. The Bertz CT molecular complexity index is 606. The van der Waals surface area contributed by atoms with Crippen LogP contribution in [0, 0.1) is 13.8 Å². The van der Waals surface area contributed by atoms with Crippen molar-refractivity contribution in [2.75, 3.05) is 26.7 Å². The first-order valence-electron chi connectivity index (χ1n) is 6.78. The van der Waals surface area contributed by atoms with Crippen LogP contribution in [0.1, 0.15) is 38.5 Å². The molecule has 1 aromatic rings. The summed E-state index contributed by atoms with van der Waals surface area (Å²) in [5.41, 5.74) is 1.30. The van der Waals surface area contributed by atoms with Gasteiger partial charge in [-0.25, -0.2) is 4.79 Å². The Hall–Kier alpha value is -2.31. The standard InChI is InChI=1S/C14H19N3O4/c1-8-11(9(2)15-12(8)14(20)21)13(19)17-6-4-5-16(3)10(18)7-17/h15H,4-7H2,1-3H3,(H,20,21). The maximum Gasteiger partial charge on any atom is 0.352 e. The highest BCUT2D eigenvalue weighted by Gasteiger charge is 2.28. The zero-order valence-electron chi connectivity index (χ0n) is 12.4. The molecule has 0 spiro atoms. The molecule has 0 aliphatic carbocycles. The number of hydrogen-bond donors (Lipinski definition) is 2. The van der Waals surface area contributed by atoms with Gasteiger partial charge in [0.15, 0.2) is 0 Å². The van der Waals surface area contributed by atoms with E-state index in [1.165, 1.54) is 4.90 Å². The molecule has 1 aliphatic heterocycles. The molecule has 0 aromatic carbocycles. The molecule has 1 fully saturated rings. The lowest BCUT2D eigenvalue weighted by Crippen LogP contribution is -2.38. The predicted molar refractivity (Wildman–Crippen MR) is 75.4 cm³/mol. The third kappa shape index (κ3) is 2.76. The number of hydrogen-bond acceptors (Lipinski definition) is 3. The minimum Gasteiger partial charge on any atom is -0.477 e. The number of likely N-dealkylation sites (N-methyl/N-ethyl adjacent to an activating group) is 1. The van der Waals surface area contributed by atoms with Crippen molar-refractivity contribution in [3.8, 4) is 0 Å². The highest BCUT2D eigenvalue weighted by atomic mass is 16.4. The van der Waals surface area contributed by atoms with E-state index >= 15 is 0 Å². The summed E-state index contributed by atoms with van der Waals surface area (Å²) in [6, 6.07) is 0. The second-order valence-corrected chi connectivity index (χ2v) is 5.33. The minimum atomic E-state index is -1.10. The number of carbonyl (C=O) groups is 3. The van der Waals surface area contributed by atoms with Gasteiger partial charge in [-0.1, -0.05) is 0 Å². The normalized spacial score (nSPS) is 16.0. The fourth-order valence-corrected chi connectivity index (χ4v) is 2.60. The summed E-state index contributed by atoms with van der Waals surface area (Å²) in [7, 11) is 1.71. The van der Waals surface area contributed by atoms with Crippen molar-refractivity contribution in [1.82, 2.24) is 14.8 Å². The lowest BCUT2D eigenvalue weighted by atomic mass is 10.1. The first-order valence-corrected chi connectivity index (χ1v) is 6.78. The Balaban J connectivity index is 2.32. The Morgan fingerprint density at radius 3 is 2.48 bits per heavy atom. The zero-order chi connectivity index (χ0) is 15.7. The summed E-state index contributed by atoms with van der Waals surface area (Å²) < 4.78 is 0. The number of rotatable bonds is 2. The van der Waals surface area contributed by atoms with E-state index < -0.39 is 5.97 Å². The van der Waals surface area contributed by atoms with E-state index in [0.717, 1.165) is 0 Å². The van der Waals surface area contributed by atoms with Crippen molar-refractivity contribution >= 4 is 17.8 Å². The maximum absolute atomic E-state index is 12.6. The fourth-order valence-electron chi connectivity index (χ4n) is 2.60. The fraction of sp³-hybridized carbons (Fsp3) is 0.500. The van der Waals surface area contributed by atoms with Gasteiger partial charge >= 0.3 is 5.97 Å². The first kappa shape index (κ1) is 15.1. The molecular weight excluding hydrogens is 274 g/mol. The number of carboxylic acids is 1. The highest BCUT2D eigenvalue weighted by Crippen LogP contribution is 2.20. The topological polar surface area (TPSA) is 93.7 Å². The summed E-state index contributed by atoms with van der Waals surface area (Å²) in [6.45, 7) is 4.40. The van der Waals surface area contributed by atoms with E-state index in [-0.39, 0.29) is 24.1 Å². The number of nitrogens with zero attached hydrogens (tertiary/aromatic N) is 2. The van der Waals surface area contributed by atoms with Gasteiger partial charge in [0.2, 0.25) is 5.91 Å². The van der Waals surface area contributed by atoms with Crippen LogP contribution in [0.5, 0.6) is 0 Å². The lowest BCUT2D eigenvalue weighted by molar-refractivity contribution is -0.129. The predicted octanol–water partition coefficient (Wildman–Crippen LogP) is 0.634. The molecule has 7 nitrogen and oxygen atoms in total. The molecule has 1 saturated heterocycles. The summed E-state index contributed by atoms with van der Waals surface area (Å²) >= 11 is 0. The van der Waals surface area contributed by atoms with Crippen molar-refractivity contribution in [2.45, 2.75) is 20.3 Å². The van der Waals surface area contributed by atoms with Gasteiger partial charge in [-0.2, -0.15) is 0 Å². The number of amides is 2. The molecule has 1 aliphatic rings. The second-order valence-electron chi connectivity index (χ2n) is 5.33. The quantitative estimate of drug-likeness (QED) is 0.836. The smallest absolute Gasteiger partial charge is 0.352 e. The molecule has 0 atom stereocenters. The molecule has 2 amide bonds. The molecular formula is C14H19N3O4. The van der Waals surface area contributed by atoms with Gasteiger partial charge in [0, 0.05) is 25.8 Å². The van der Waals surface area contributed by atoms with Crippen LogP contribution < -0.4 is 0 Å². The van der Waals surface area contributed by atoms with Crippen LogP contribution in [-0.4, -0.2) is 64.4 Å². The van der Waals surface area contributed by atoms with Crippen LogP contribution in [0.3, 0.4) is 0 Å². The van der Waals surface area contributed by atoms with Crippen LogP contribution in [0.15, 0.2) is 0 Å². The summed E-state index contributed by atoms with van der Waals surface area (Å²) in [6.07, 6.45) is 0.711. The first-order chi connectivity index (χ1) is 9.82. The number of aromatic nitrogens is 1. The number of carboxylic acid groups (broad SMARTS) is 1. The van der Waals surface area contributed by atoms with E-state index in [1.54, 1.807) is 25.8 Å². The van der Waals surface area contributed by atoms with E-state index in [2.05, 4.69) is 4.98 Å². The lowest BCUT2D eigenvalue weighted by Gasteiger charge is -2.20. The van der Waals surface area contributed by atoms with E-state index in [4.69, 9.17) is 5.11 Å².